The van der Waals surface area contributed by atoms with Crippen LogP contribution >= 0.6 is 0 Å². The van der Waals surface area contributed by atoms with Crippen molar-refractivity contribution in [2.24, 2.45) is 5.73 Å². The van der Waals surface area contributed by atoms with Gasteiger partial charge in [0, 0.05) is 49.6 Å². The second kappa shape index (κ2) is 5.31. The van der Waals surface area contributed by atoms with Gasteiger partial charge in [-0.05, 0) is 30.7 Å². The number of carbonyl (C=O) groups is 1. The standard InChI is InChI=1S/C15H18N4O2/c16-15(14(20)21)5-9-18(11-15)10-13-2-1-8-19(13)12-3-6-17-7-4-12/h1-4,6-8H,5,9-11,16H2,(H,20,21)/t15-/m0/s1. The van der Waals surface area contributed by atoms with E-state index in [1.807, 2.05) is 30.5 Å². The van der Waals surface area contributed by atoms with Gasteiger partial charge in [-0.15, -0.1) is 0 Å². The topological polar surface area (TPSA) is 84.4 Å². The van der Waals surface area contributed by atoms with Crippen molar-refractivity contribution in [1.29, 1.82) is 0 Å². The number of likely N-dealkylation sites (tertiary alicyclic amines) is 1. The van der Waals surface area contributed by atoms with Crippen molar-refractivity contribution in [2.45, 2.75) is 18.5 Å². The highest BCUT2D eigenvalue weighted by Gasteiger charge is 2.41. The summed E-state index contributed by atoms with van der Waals surface area (Å²) in [6.45, 7) is 1.76. The van der Waals surface area contributed by atoms with E-state index in [-0.39, 0.29) is 0 Å². The molecule has 3 rings (SSSR count). The largest absolute Gasteiger partial charge is 0.480 e. The summed E-state index contributed by atoms with van der Waals surface area (Å²) in [6, 6.07) is 7.91. The van der Waals surface area contributed by atoms with E-state index in [0.717, 1.165) is 11.4 Å². The molecule has 0 unspecified atom stereocenters. The Labute approximate surface area is 122 Å². The van der Waals surface area contributed by atoms with Gasteiger partial charge in [-0.3, -0.25) is 14.7 Å². The molecule has 6 heteroatoms. The van der Waals surface area contributed by atoms with Gasteiger partial charge in [0.15, 0.2) is 0 Å². The van der Waals surface area contributed by atoms with Crippen molar-refractivity contribution in [3.63, 3.8) is 0 Å². The summed E-state index contributed by atoms with van der Waals surface area (Å²) in [7, 11) is 0. The average molecular weight is 286 g/mol. The first-order valence-electron chi connectivity index (χ1n) is 6.90. The van der Waals surface area contributed by atoms with Crippen LogP contribution in [0.15, 0.2) is 42.9 Å². The quantitative estimate of drug-likeness (QED) is 0.871. The predicted octanol–water partition coefficient (Wildman–Crippen LogP) is 0.860. The maximum atomic E-state index is 11.2. The van der Waals surface area contributed by atoms with Crippen LogP contribution in [0.25, 0.3) is 5.69 Å². The van der Waals surface area contributed by atoms with E-state index in [9.17, 15) is 9.90 Å². The van der Waals surface area contributed by atoms with Crippen LogP contribution in [0.3, 0.4) is 0 Å². The molecule has 0 aliphatic carbocycles. The molecule has 110 valence electrons. The summed E-state index contributed by atoms with van der Waals surface area (Å²) in [4.78, 5) is 17.3. The van der Waals surface area contributed by atoms with Crippen LogP contribution in [0.4, 0.5) is 0 Å². The lowest BCUT2D eigenvalue weighted by Gasteiger charge is -2.20. The van der Waals surface area contributed by atoms with E-state index in [0.29, 0.717) is 26.1 Å². The van der Waals surface area contributed by atoms with Crippen LogP contribution in [0, 0.1) is 0 Å². The summed E-state index contributed by atoms with van der Waals surface area (Å²) in [5.74, 6) is -0.922. The molecule has 21 heavy (non-hydrogen) atoms. The molecule has 6 nitrogen and oxygen atoms in total. The summed E-state index contributed by atoms with van der Waals surface area (Å²) < 4.78 is 2.08. The van der Waals surface area contributed by atoms with Crippen LogP contribution in [-0.2, 0) is 11.3 Å². The molecule has 0 bridgehead atoms. The van der Waals surface area contributed by atoms with Crippen molar-refractivity contribution in [2.75, 3.05) is 13.1 Å². The van der Waals surface area contributed by atoms with E-state index < -0.39 is 11.5 Å². The van der Waals surface area contributed by atoms with Gasteiger partial charge in [-0.25, -0.2) is 0 Å². The molecule has 0 spiro atoms. The third kappa shape index (κ3) is 2.68. The lowest BCUT2D eigenvalue weighted by atomic mass is 10.0. The van der Waals surface area contributed by atoms with E-state index in [2.05, 4.69) is 14.5 Å². The maximum Gasteiger partial charge on any atom is 0.325 e. The van der Waals surface area contributed by atoms with Gasteiger partial charge in [0.05, 0.1) is 0 Å². The van der Waals surface area contributed by atoms with E-state index in [1.165, 1.54) is 0 Å². The molecule has 0 radical (unpaired) electrons. The smallest absolute Gasteiger partial charge is 0.325 e. The predicted molar refractivity (Wildman–Crippen MR) is 78.0 cm³/mol. The van der Waals surface area contributed by atoms with Gasteiger partial charge >= 0.3 is 5.97 Å². The molecule has 1 saturated heterocycles. The highest BCUT2D eigenvalue weighted by atomic mass is 16.4. The summed E-state index contributed by atoms with van der Waals surface area (Å²) >= 11 is 0. The number of nitrogens with zero attached hydrogens (tertiary/aromatic N) is 3. The summed E-state index contributed by atoms with van der Waals surface area (Å²) in [5.41, 5.74) is 6.95. The first-order valence-corrected chi connectivity index (χ1v) is 6.90. The number of carboxylic acid groups (broad SMARTS) is 1. The SMILES string of the molecule is N[C@@]1(C(=O)O)CCN(Cc2cccn2-c2ccncc2)C1. The zero-order valence-electron chi connectivity index (χ0n) is 11.6. The molecular formula is C15H18N4O2. The Hall–Kier alpha value is -2.18. The van der Waals surface area contributed by atoms with Gasteiger partial charge in [0.25, 0.3) is 0 Å². The van der Waals surface area contributed by atoms with Crippen molar-refractivity contribution >= 4 is 5.97 Å². The molecule has 1 fully saturated rings. The molecule has 2 aromatic heterocycles. The maximum absolute atomic E-state index is 11.2. The number of carboxylic acids is 1. The second-order valence-electron chi connectivity index (χ2n) is 5.50. The zero-order valence-corrected chi connectivity index (χ0v) is 11.6. The molecule has 2 aromatic rings. The van der Waals surface area contributed by atoms with Crippen LogP contribution in [0.5, 0.6) is 0 Å². The number of aliphatic carboxylic acids is 1. The Morgan fingerprint density at radius 2 is 2.14 bits per heavy atom. The van der Waals surface area contributed by atoms with Crippen LogP contribution in [0.2, 0.25) is 0 Å². The first-order chi connectivity index (χ1) is 10.1. The monoisotopic (exact) mass is 286 g/mol. The number of hydrogen-bond acceptors (Lipinski definition) is 4. The zero-order chi connectivity index (χ0) is 14.9. The average Bonchev–Trinajstić information content (AvgIpc) is 3.08. The molecule has 1 atom stereocenters. The van der Waals surface area contributed by atoms with Gasteiger partial charge in [-0.1, -0.05) is 0 Å². The van der Waals surface area contributed by atoms with Crippen molar-refractivity contribution in [3.05, 3.63) is 48.5 Å². The Balaban J connectivity index is 1.76. The minimum Gasteiger partial charge on any atom is -0.480 e. The van der Waals surface area contributed by atoms with Crippen LogP contribution in [0.1, 0.15) is 12.1 Å². The van der Waals surface area contributed by atoms with E-state index >= 15 is 0 Å². The fourth-order valence-corrected chi connectivity index (χ4v) is 2.76. The second-order valence-corrected chi connectivity index (χ2v) is 5.50. The van der Waals surface area contributed by atoms with Gasteiger partial charge in [0.2, 0.25) is 0 Å². The summed E-state index contributed by atoms with van der Waals surface area (Å²) in [6.07, 6.45) is 5.99. The normalized spacial score (nSPS) is 22.5. The number of aromatic nitrogens is 2. The lowest BCUT2D eigenvalue weighted by Crippen LogP contribution is -2.50. The lowest BCUT2D eigenvalue weighted by molar-refractivity contribution is -0.142. The number of pyridine rings is 1. The minimum absolute atomic E-state index is 0.379. The first kappa shape index (κ1) is 13.8. The Morgan fingerprint density at radius 3 is 2.81 bits per heavy atom. The fraction of sp³-hybridized carbons (Fsp3) is 0.333. The molecule has 0 aromatic carbocycles. The molecule has 0 amide bonds. The van der Waals surface area contributed by atoms with E-state index in [4.69, 9.17) is 5.73 Å². The Bertz CT molecular complexity index is 640. The highest BCUT2D eigenvalue weighted by Crippen LogP contribution is 2.22. The molecule has 1 aliphatic rings. The Morgan fingerprint density at radius 1 is 1.38 bits per heavy atom. The van der Waals surface area contributed by atoms with E-state index in [1.54, 1.807) is 12.4 Å². The summed E-state index contributed by atoms with van der Waals surface area (Å²) in [5, 5.41) is 9.19. The molecular weight excluding hydrogens is 268 g/mol. The van der Waals surface area contributed by atoms with Crippen molar-refractivity contribution in [1.82, 2.24) is 14.5 Å². The molecule has 3 N–H and O–H groups in total. The minimum atomic E-state index is -1.12. The Kier molecular flexibility index (Phi) is 3.48. The van der Waals surface area contributed by atoms with Gasteiger partial charge in [0.1, 0.15) is 5.54 Å². The van der Waals surface area contributed by atoms with Crippen molar-refractivity contribution in [3.8, 4) is 5.69 Å². The third-order valence-corrected chi connectivity index (χ3v) is 3.97. The van der Waals surface area contributed by atoms with Crippen LogP contribution < -0.4 is 5.73 Å². The highest BCUT2D eigenvalue weighted by molar-refractivity contribution is 5.79. The number of nitrogens with two attached hydrogens (primary N) is 1. The fourth-order valence-electron chi connectivity index (χ4n) is 2.76. The molecule has 0 saturated carbocycles. The molecule has 1 aliphatic heterocycles. The van der Waals surface area contributed by atoms with Gasteiger partial charge < -0.3 is 15.4 Å². The number of hydrogen-bond donors (Lipinski definition) is 2. The molecule has 3 heterocycles. The number of rotatable bonds is 4. The third-order valence-electron chi connectivity index (χ3n) is 3.97. The van der Waals surface area contributed by atoms with Crippen LogP contribution in [-0.4, -0.2) is 44.2 Å². The van der Waals surface area contributed by atoms with Gasteiger partial charge in [-0.2, -0.15) is 0 Å². The van der Waals surface area contributed by atoms with Crippen molar-refractivity contribution < 1.29 is 9.90 Å².